The van der Waals surface area contributed by atoms with E-state index in [-0.39, 0.29) is 23.7 Å². The molecule has 1 aromatic heterocycles. The quantitative estimate of drug-likeness (QED) is 0.867. The summed E-state index contributed by atoms with van der Waals surface area (Å²) in [7, 11) is 0. The number of alkyl carbamates (subject to hydrolysis) is 1. The number of pyridine rings is 1. The zero-order valence-corrected chi connectivity index (χ0v) is 15.1. The number of anilines is 2. The molecule has 1 saturated carbocycles. The minimum absolute atomic E-state index is 0.0923. The summed E-state index contributed by atoms with van der Waals surface area (Å²) in [4.78, 5) is 16.2. The molecule has 3 rings (SSSR count). The summed E-state index contributed by atoms with van der Waals surface area (Å²) in [6.07, 6.45) is 2.14. The first-order valence-corrected chi connectivity index (χ1v) is 8.56. The van der Waals surface area contributed by atoms with Crippen molar-refractivity contribution in [3.05, 3.63) is 53.7 Å². The lowest BCUT2D eigenvalue weighted by atomic mass is 10.1. The Morgan fingerprint density at radius 1 is 1.31 bits per heavy atom. The molecule has 0 saturated heterocycles. The summed E-state index contributed by atoms with van der Waals surface area (Å²) in [6.45, 7) is 5.75. The lowest BCUT2D eigenvalue weighted by Gasteiger charge is -2.20. The molecule has 1 aliphatic carbocycles. The molecule has 0 radical (unpaired) electrons. The van der Waals surface area contributed by atoms with Crippen molar-refractivity contribution in [3.8, 4) is 6.07 Å². The van der Waals surface area contributed by atoms with Gasteiger partial charge in [0, 0.05) is 23.3 Å². The standard InChI is InChI=1S/C20H22N4O2/c1-20(2,3)24-19(25)26-17-10-16(17)14-7-8-18(22-12-14)23-15-6-4-5-13(9-15)11-21/h4-9,12,16-17H,10H2,1-3H3,(H,22,23)(H,24,25). The highest BCUT2D eigenvalue weighted by molar-refractivity contribution is 5.68. The molecule has 1 aromatic carbocycles. The molecule has 2 aromatic rings. The number of hydrogen-bond acceptors (Lipinski definition) is 5. The van der Waals surface area contributed by atoms with Crippen LogP contribution in [-0.4, -0.2) is 22.7 Å². The molecule has 26 heavy (non-hydrogen) atoms. The molecule has 2 N–H and O–H groups in total. The smallest absolute Gasteiger partial charge is 0.407 e. The number of nitrogens with one attached hydrogen (secondary N) is 2. The van der Waals surface area contributed by atoms with Crippen molar-refractivity contribution < 1.29 is 9.53 Å². The van der Waals surface area contributed by atoms with Gasteiger partial charge in [0.1, 0.15) is 11.9 Å². The minimum Gasteiger partial charge on any atom is -0.446 e. The van der Waals surface area contributed by atoms with E-state index in [9.17, 15) is 4.79 Å². The molecule has 0 spiro atoms. The first-order chi connectivity index (χ1) is 12.3. The summed E-state index contributed by atoms with van der Waals surface area (Å²) in [5.74, 6) is 0.900. The van der Waals surface area contributed by atoms with Gasteiger partial charge in [0.2, 0.25) is 0 Å². The fraction of sp³-hybridized carbons (Fsp3) is 0.350. The lowest BCUT2D eigenvalue weighted by molar-refractivity contribution is 0.128. The fourth-order valence-corrected chi connectivity index (χ4v) is 2.64. The maximum absolute atomic E-state index is 11.8. The molecular weight excluding hydrogens is 328 g/mol. The number of benzene rings is 1. The maximum Gasteiger partial charge on any atom is 0.407 e. The van der Waals surface area contributed by atoms with Crippen molar-refractivity contribution >= 4 is 17.6 Å². The molecule has 6 nitrogen and oxygen atoms in total. The maximum atomic E-state index is 11.8. The summed E-state index contributed by atoms with van der Waals surface area (Å²) in [5.41, 5.74) is 2.16. The van der Waals surface area contributed by atoms with Crippen LogP contribution in [0.2, 0.25) is 0 Å². The van der Waals surface area contributed by atoms with Crippen molar-refractivity contribution in [2.75, 3.05) is 5.32 Å². The van der Waals surface area contributed by atoms with Gasteiger partial charge in [-0.1, -0.05) is 12.1 Å². The van der Waals surface area contributed by atoms with Gasteiger partial charge in [-0.05, 0) is 57.0 Å². The molecule has 6 heteroatoms. The Kier molecular flexibility index (Phi) is 4.81. The van der Waals surface area contributed by atoms with Crippen molar-refractivity contribution in [1.82, 2.24) is 10.3 Å². The largest absolute Gasteiger partial charge is 0.446 e. The first kappa shape index (κ1) is 17.7. The average Bonchev–Trinajstić information content (AvgIpc) is 3.33. The highest BCUT2D eigenvalue weighted by Crippen LogP contribution is 2.43. The van der Waals surface area contributed by atoms with E-state index in [0.29, 0.717) is 11.4 Å². The van der Waals surface area contributed by atoms with Gasteiger partial charge >= 0.3 is 6.09 Å². The van der Waals surface area contributed by atoms with E-state index in [1.165, 1.54) is 0 Å². The molecule has 2 atom stereocenters. The molecule has 1 fully saturated rings. The van der Waals surface area contributed by atoms with Crippen LogP contribution in [0.5, 0.6) is 0 Å². The summed E-state index contributed by atoms with van der Waals surface area (Å²) >= 11 is 0. The zero-order valence-electron chi connectivity index (χ0n) is 15.1. The number of aromatic nitrogens is 1. The Bertz CT molecular complexity index is 834. The van der Waals surface area contributed by atoms with E-state index >= 15 is 0 Å². The number of nitrogens with zero attached hydrogens (tertiary/aromatic N) is 2. The number of nitriles is 1. The van der Waals surface area contributed by atoms with Crippen LogP contribution in [0.1, 0.15) is 44.2 Å². The molecule has 1 aliphatic rings. The van der Waals surface area contributed by atoms with Gasteiger partial charge in [-0.3, -0.25) is 0 Å². The van der Waals surface area contributed by atoms with E-state index in [1.54, 1.807) is 18.3 Å². The lowest BCUT2D eigenvalue weighted by Crippen LogP contribution is -2.41. The number of rotatable bonds is 4. The van der Waals surface area contributed by atoms with E-state index in [0.717, 1.165) is 17.7 Å². The van der Waals surface area contributed by atoms with Gasteiger partial charge in [-0.15, -0.1) is 0 Å². The third-order valence-corrected chi connectivity index (χ3v) is 3.95. The number of ether oxygens (including phenoxy) is 1. The second kappa shape index (κ2) is 7.04. The molecule has 2 unspecified atom stereocenters. The second-order valence-corrected chi connectivity index (χ2v) is 7.46. The average molecular weight is 350 g/mol. The highest BCUT2D eigenvalue weighted by atomic mass is 16.6. The SMILES string of the molecule is CC(C)(C)NC(=O)OC1CC1c1ccc(Nc2cccc(C#N)c2)nc1. The number of hydrogen-bond donors (Lipinski definition) is 2. The van der Waals surface area contributed by atoms with Crippen LogP contribution in [0, 0.1) is 11.3 Å². The molecule has 134 valence electrons. The normalized spacial score (nSPS) is 18.5. The molecule has 1 amide bonds. The molecule has 0 aliphatic heterocycles. The second-order valence-electron chi connectivity index (χ2n) is 7.46. The van der Waals surface area contributed by atoms with E-state index in [2.05, 4.69) is 21.7 Å². The topological polar surface area (TPSA) is 87.0 Å². The zero-order chi connectivity index (χ0) is 18.7. The van der Waals surface area contributed by atoms with Gasteiger partial charge in [-0.2, -0.15) is 5.26 Å². The van der Waals surface area contributed by atoms with Crippen LogP contribution in [0.25, 0.3) is 0 Å². The van der Waals surface area contributed by atoms with Crippen LogP contribution >= 0.6 is 0 Å². The van der Waals surface area contributed by atoms with Gasteiger partial charge in [-0.25, -0.2) is 9.78 Å². The fourth-order valence-electron chi connectivity index (χ4n) is 2.64. The minimum atomic E-state index is -0.381. The predicted octanol–water partition coefficient (Wildman–Crippen LogP) is 4.08. The van der Waals surface area contributed by atoms with Gasteiger partial charge in [0.25, 0.3) is 0 Å². The molecule has 1 heterocycles. The van der Waals surface area contributed by atoms with Crippen molar-refractivity contribution in [3.63, 3.8) is 0 Å². The van der Waals surface area contributed by atoms with E-state index < -0.39 is 0 Å². The Balaban J connectivity index is 1.56. The van der Waals surface area contributed by atoms with E-state index in [1.807, 2.05) is 45.0 Å². The Morgan fingerprint density at radius 2 is 2.12 bits per heavy atom. The van der Waals surface area contributed by atoms with Crippen molar-refractivity contribution in [2.45, 2.75) is 44.8 Å². The Labute approximate surface area is 153 Å². The predicted molar refractivity (Wildman–Crippen MR) is 99.2 cm³/mol. The van der Waals surface area contributed by atoms with Crippen LogP contribution in [0.4, 0.5) is 16.3 Å². The first-order valence-electron chi connectivity index (χ1n) is 8.56. The number of amides is 1. The summed E-state index contributed by atoms with van der Waals surface area (Å²) in [5, 5.41) is 14.9. The number of carbonyl (C=O) groups excluding carboxylic acids is 1. The number of carbonyl (C=O) groups is 1. The van der Waals surface area contributed by atoms with Crippen LogP contribution in [0.3, 0.4) is 0 Å². The van der Waals surface area contributed by atoms with Gasteiger partial charge < -0.3 is 15.4 Å². The van der Waals surface area contributed by atoms with Gasteiger partial charge in [0.15, 0.2) is 0 Å². The Hall–Kier alpha value is -3.07. The van der Waals surface area contributed by atoms with Crippen LogP contribution < -0.4 is 10.6 Å². The van der Waals surface area contributed by atoms with Gasteiger partial charge in [0.05, 0.1) is 11.6 Å². The molecule has 0 bridgehead atoms. The highest BCUT2D eigenvalue weighted by Gasteiger charge is 2.42. The summed E-state index contributed by atoms with van der Waals surface area (Å²) < 4.78 is 5.43. The van der Waals surface area contributed by atoms with Crippen molar-refractivity contribution in [2.24, 2.45) is 0 Å². The third kappa shape index (κ3) is 4.73. The summed E-state index contributed by atoms with van der Waals surface area (Å²) in [6, 6.07) is 13.2. The van der Waals surface area contributed by atoms with Crippen molar-refractivity contribution in [1.29, 1.82) is 5.26 Å². The van der Waals surface area contributed by atoms with Crippen LogP contribution in [0.15, 0.2) is 42.6 Å². The third-order valence-electron chi connectivity index (χ3n) is 3.95. The molecular formula is C20H22N4O2. The van der Waals surface area contributed by atoms with E-state index in [4.69, 9.17) is 10.00 Å². The van der Waals surface area contributed by atoms with Crippen LogP contribution in [-0.2, 0) is 4.74 Å². The monoisotopic (exact) mass is 350 g/mol. The Morgan fingerprint density at radius 3 is 2.77 bits per heavy atom.